The summed E-state index contributed by atoms with van der Waals surface area (Å²) in [5, 5.41) is 19.1. The molecule has 0 bridgehead atoms. The second-order valence-electron chi connectivity index (χ2n) is 6.30. The van der Waals surface area contributed by atoms with E-state index in [9.17, 15) is 54.1 Å². The summed E-state index contributed by atoms with van der Waals surface area (Å²) in [6, 6.07) is 0.982. The summed E-state index contributed by atoms with van der Waals surface area (Å²) in [5.41, 5.74) is -7.21. The standard InChI is InChI=1S/C17H8F10O3/c18-7-3-6(16(23,24)25)4-8(5-7)30-10-2-1-9-12(11(10)13(19)20)15(28,29)17(26,27)14(9,21)22/h1-5,13,28-29H. The molecule has 164 valence electrons. The lowest BCUT2D eigenvalue weighted by Crippen LogP contribution is -2.49. The third kappa shape index (κ3) is 3.07. The van der Waals surface area contributed by atoms with E-state index in [0.29, 0.717) is 12.1 Å². The molecule has 3 rings (SSSR count). The highest BCUT2D eigenvalue weighted by Gasteiger charge is 2.77. The average molecular weight is 450 g/mol. The zero-order valence-corrected chi connectivity index (χ0v) is 14.0. The summed E-state index contributed by atoms with van der Waals surface area (Å²) in [7, 11) is 0. The van der Waals surface area contributed by atoms with E-state index in [0.717, 1.165) is 0 Å². The van der Waals surface area contributed by atoms with Crippen LogP contribution in [0, 0.1) is 5.82 Å². The van der Waals surface area contributed by atoms with Gasteiger partial charge in [0.05, 0.1) is 11.1 Å². The molecule has 0 aliphatic heterocycles. The number of hydrogen-bond donors (Lipinski definition) is 2. The van der Waals surface area contributed by atoms with Gasteiger partial charge in [-0.25, -0.2) is 13.2 Å². The number of hydrogen-bond acceptors (Lipinski definition) is 3. The first-order valence-corrected chi connectivity index (χ1v) is 7.74. The van der Waals surface area contributed by atoms with Gasteiger partial charge >= 0.3 is 18.0 Å². The third-order valence-corrected chi connectivity index (χ3v) is 4.37. The largest absolute Gasteiger partial charge is 0.457 e. The molecule has 0 saturated heterocycles. The monoisotopic (exact) mass is 450 g/mol. The Bertz CT molecular complexity index is 998. The van der Waals surface area contributed by atoms with E-state index in [4.69, 9.17) is 4.74 Å². The van der Waals surface area contributed by atoms with Crippen LogP contribution in [0.3, 0.4) is 0 Å². The Morgan fingerprint density at radius 3 is 2.07 bits per heavy atom. The fourth-order valence-electron chi connectivity index (χ4n) is 3.00. The lowest BCUT2D eigenvalue weighted by atomic mass is 9.98. The first-order chi connectivity index (χ1) is 13.5. The van der Waals surface area contributed by atoms with Gasteiger partial charge in [-0.05, 0) is 24.3 Å². The first-order valence-electron chi connectivity index (χ1n) is 7.74. The van der Waals surface area contributed by atoms with Crippen molar-refractivity contribution in [2.24, 2.45) is 0 Å². The molecule has 1 aliphatic rings. The summed E-state index contributed by atoms with van der Waals surface area (Å²) >= 11 is 0. The highest BCUT2D eigenvalue weighted by molar-refractivity contribution is 5.56. The molecule has 0 fully saturated rings. The van der Waals surface area contributed by atoms with Crippen molar-refractivity contribution in [3.63, 3.8) is 0 Å². The maximum absolute atomic E-state index is 13.9. The molecule has 2 aromatic rings. The molecule has 2 aromatic carbocycles. The molecule has 0 spiro atoms. The van der Waals surface area contributed by atoms with E-state index in [1.807, 2.05) is 0 Å². The Morgan fingerprint density at radius 1 is 0.933 bits per heavy atom. The van der Waals surface area contributed by atoms with Crippen LogP contribution in [0.2, 0.25) is 0 Å². The van der Waals surface area contributed by atoms with Crippen molar-refractivity contribution in [1.29, 1.82) is 0 Å². The van der Waals surface area contributed by atoms with Gasteiger partial charge in [0, 0.05) is 17.2 Å². The predicted molar refractivity (Wildman–Crippen MR) is 77.8 cm³/mol. The highest BCUT2D eigenvalue weighted by Crippen LogP contribution is 2.62. The summed E-state index contributed by atoms with van der Waals surface area (Å²) in [6.07, 6.45) is -8.98. The minimum absolute atomic E-state index is 0.0527. The zero-order chi connectivity index (χ0) is 22.9. The van der Waals surface area contributed by atoms with Gasteiger partial charge < -0.3 is 14.9 Å². The van der Waals surface area contributed by atoms with Crippen molar-refractivity contribution in [3.05, 3.63) is 58.4 Å². The van der Waals surface area contributed by atoms with E-state index < -0.39 is 69.8 Å². The van der Waals surface area contributed by atoms with Crippen LogP contribution in [0.25, 0.3) is 0 Å². The number of halogens is 10. The first kappa shape index (κ1) is 22.2. The summed E-state index contributed by atoms with van der Waals surface area (Å²) in [5.74, 6) is -19.4. The molecule has 2 N–H and O–H groups in total. The smallest absolute Gasteiger partial charge is 0.416 e. The van der Waals surface area contributed by atoms with Gasteiger partial charge in [-0.2, -0.15) is 30.7 Å². The Kier molecular flexibility index (Phi) is 4.78. The molecule has 30 heavy (non-hydrogen) atoms. The van der Waals surface area contributed by atoms with Crippen molar-refractivity contribution in [2.75, 3.05) is 0 Å². The predicted octanol–water partition coefficient (Wildman–Crippen LogP) is 5.45. The van der Waals surface area contributed by atoms with Crippen LogP contribution in [0.1, 0.15) is 28.7 Å². The fraction of sp³-hybridized carbons (Fsp3) is 0.294. The number of fused-ring (bicyclic) bond motifs is 1. The number of ether oxygens (including phenoxy) is 1. The van der Waals surface area contributed by atoms with E-state index >= 15 is 0 Å². The number of alkyl halides is 9. The minimum Gasteiger partial charge on any atom is -0.457 e. The van der Waals surface area contributed by atoms with Gasteiger partial charge in [0.25, 0.3) is 12.2 Å². The van der Waals surface area contributed by atoms with Crippen LogP contribution >= 0.6 is 0 Å². The van der Waals surface area contributed by atoms with E-state index in [1.54, 1.807) is 0 Å². The highest BCUT2D eigenvalue weighted by atomic mass is 19.4. The summed E-state index contributed by atoms with van der Waals surface area (Å²) < 4.78 is 139. The van der Waals surface area contributed by atoms with Crippen molar-refractivity contribution >= 4 is 0 Å². The Balaban J connectivity index is 2.21. The molecule has 0 unspecified atom stereocenters. The molecular formula is C17H8F10O3. The topological polar surface area (TPSA) is 49.7 Å². The van der Waals surface area contributed by atoms with Gasteiger partial charge in [0.15, 0.2) is 0 Å². The summed E-state index contributed by atoms with van der Waals surface area (Å²) in [6.45, 7) is 0. The van der Waals surface area contributed by atoms with Crippen LogP contribution in [0.15, 0.2) is 30.3 Å². The molecule has 0 saturated carbocycles. The molecule has 0 amide bonds. The van der Waals surface area contributed by atoms with Crippen molar-refractivity contribution in [1.82, 2.24) is 0 Å². The molecule has 0 heterocycles. The number of aliphatic hydroxyl groups is 2. The molecule has 1 aliphatic carbocycles. The van der Waals surface area contributed by atoms with Crippen LogP contribution in [-0.2, 0) is 17.9 Å². The van der Waals surface area contributed by atoms with E-state index in [2.05, 4.69) is 0 Å². The van der Waals surface area contributed by atoms with Gasteiger partial charge in [0.1, 0.15) is 17.3 Å². The van der Waals surface area contributed by atoms with Crippen LogP contribution in [0.4, 0.5) is 43.9 Å². The second kappa shape index (κ2) is 6.48. The fourth-order valence-corrected chi connectivity index (χ4v) is 3.00. The SMILES string of the molecule is OC1(O)c2c(ccc(Oc3cc(F)cc(C(F)(F)F)c3)c2C(F)F)C(F)(F)C1(F)F. The third-order valence-electron chi connectivity index (χ3n) is 4.37. The molecular weight excluding hydrogens is 442 g/mol. The number of benzene rings is 2. The van der Waals surface area contributed by atoms with E-state index in [1.165, 1.54) is 0 Å². The zero-order valence-electron chi connectivity index (χ0n) is 14.0. The van der Waals surface area contributed by atoms with Gasteiger partial charge in [-0.1, -0.05) is 0 Å². The van der Waals surface area contributed by atoms with Gasteiger partial charge in [-0.15, -0.1) is 0 Å². The van der Waals surface area contributed by atoms with Crippen molar-refractivity contribution in [2.45, 2.75) is 30.2 Å². The van der Waals surface area contributed by atoms with E-state index in [-0.39, 0.29) is 18.2 Å². The maximum atomic E-state index is 13.9. The van der Waals surface area contributed by atoms with Crippen LogP contribution < -0.4 is 4.74 Å². The second-order valence-corrected chi connectivity index (χ2v) is 6.30. The summed E-state index contributed by atoms with van der Waals surface area (Å²) in [4.78, 5) is 0. The van der Waals surface area contributed by atoms with Gasteiger partial charge in [-0.3, -0.25) is 0 Å². The molecule has 13 heteroatoms. The number of rotatable bonds is 3. The van der Waals surface area contributed by atoms with Gasteiger partial charge in [0.2, 0.25) is 0 Å². The van der Waals surface area contributed by atoms with Crippen LogP contribution in [0.5, 0.6) is 11.5 Å². The van der Waals surface area contributed by atoms with Crippen molar-refractivity contribution < 1.29 is 58.9 Å². The molecule has 0 aromatic heterocycles. The average Bonchev–Trinajstić information content (AvgIpc) is 2.68. The quantitative estimate of drug-likeness (QED) is 0.483. The lowest BCUT2D eigenvalue weighted by Gasteiger charge is -2.28. The molecule has 0 radical (unpaired) electrons. The maximum Gasteiger partial charge on any atom is 0.416 e. The Labute approximate surface area is 160 Å². The minimum atomic E-state index is -5.62. The van der Waals surface area contributed by atoms with Crippen molar-refractivity contribution in [3.8, 4) is 11.5 Å². The Morgan fingerprint density at radius 2 is 1.53 bits per heavy atom. The lowest BCUT2D eigenvalue weighted by molar-refractivity contribution is -0.358. The van der Waals surface area contributed by atoms with Crippen LogP contribution in [-0.4, -0.2) is 16.1 Å². The normalized spacial score (nSPS) is 19.1. The molecule has 0 atom stereocenters. The Hall–Kier alpha value is -2.54. The molecule has 3 nitrogen and oxygen atoms in total.